The van der Waals surface area contributed by atoms with Crippen LogP contribution in [0.25, 0.3) is 0 Å². The van der Waals surface area contributed by atoms with Crippen molar-refractivity contribution in [2.24, 2.45) is 11.8 Å². The molecule has 1 aliphatic rings. The maximum absolute atomic E-state index is 2.40. The lowest BCUT2D eigenvalue weighted by Gasteiger charge is -2.37. The molecule has 0 aliphatic carbocycles. The fourth-order valence-corrected chi connectivity index (χ4v) is 4.43. The molecule has 66 valence electrons. The van der Waals surface area contributed by atoms with Crippen LogP contribution in [0.5, 0.6) is 0 Å². The molecule has 0 N–H and O–H groups in total. The fourth-order valence-electron chi connectivity index (χ4n) is 2.44. The Hall–Kier alpha value is 0.430. The van der Waals surface area contributed by atoms with Crippen molar-refractivity contribution in [3.8, 4) is 0 Å². The molecule has 0 bridgehead atoms. The van der Waals surface area contributed by atoms with Gasteiger partial charge in [0.1, 0.15) is 0 Å². The summed E-state index contributed by atoms with van der Waals surface area (Å²) in [5.41, 5.74) is 0. The summed E-state index contributed by atoms with van der Waals surface area (Å²) < 4.78 is 0. The molecule has 1 aliphatic heterocycles. The van der Waals surface area contributed by atoms with Gasteiger partial charge in [-0.25, -0.2) is 0 Å². The average molecular weight is 172 g/mol. The summed E-state index contributed by atoms with van der Waals surface area (Å²) in [5.74, 6) is 1.78. The zero-order valence-corrected chi connectivity index (χ0v) is 9.28. The van der Waals surface area contributed by atoms with Gasteiger partial charge in [0.15, 0.2) is 0 Å². The maximum atomic E-state index is 2.40. The Labute approximate surface area is 72.9 Å². The minimum Gasteiger partial charge on any atom is -0.115 e. The van der Waals surface area contributed by atoms with Crippen LogP contribution in [0.4, 0.5) is 0 Å². The Bertz CT molecular complexity index is 111. The van der Waals surface area contributed by atoms with Crippen LogP contribution in [0.1, 0.15) is 40.5 Å². The van der Waals surface area contributed by atoms with Gasteiger partial charge in [-0.2, -0.15) is 0 Å². The van der Waals surface area contributed by atoms with Crippen molar-refractivity contribution < 1.29 is 0 Å². The molecule has 0 nitrogen and oxygen atoms in total. The molecular weight excluding hydrogens is 151 g/mol. The molecule has 0 spiro atoms. The molecule has 1 rings (SSSR count). The first kappa shape index (κ1) is 9.52. The third-order valence-corrected chi connectivity index (χ3v) is 5.95. The zero-order chi connectivity index (χ0) is 8.48. The van der Waals surface area contributed by atoms with Crippen LogP contribution in [0.3, 0.4) is 0 Å². The minimum atomic E-state index is 0.722. The van der Waals surface area contributed by atoms with Crippen molar-refractivity contribution in [2.75, 3.05) is 6.16 Å². The van der Waals surface area contributed by atoms with Crippen LogP contribution >= 0.6 is 8.58 Å². The van der Waals surface area contributed by atoms with Crippen LogP contribution in [0.15, 0.2) is 0 Å². The molecule has 0 aromatic rings. The monoisotopic (exact) mass is 172 g/mol. The van der Waals surface area contributed by atoms with E-state index in [1.165, 1.54) is 27.6 Å². The Morgan fingerprint density at radius 2 is 1.64 bits per heavy atom. The molecule has 0 aromatic heterocycles. The first-order chi connectivity index (χ1) is 5.09. The Balaban J connectivity index is 2.70. The third-order valence-electron chi connectivity index (χ3n) is 3.28. The van der Waals surface area contributed by atoms with Gasteiger partial charge in [-0.3, -0.25) is 0 Å². The highest BCUT2D eigenvalue weighted by Gasteiger charge is 2.39. The van der Waals surface area contributed by atoms with Crippen LogP contribution in [-0.4, -0.2) is 11.3 Å². The van der Waals surface area contributed by atoms with Gasteiger partial charge >= 0.3 is 0 Å². The summed E-state index contributed by atoms with van der Waals surface area (Å²) in [6, 6.07) is 0. The fraction of sp³-hybridized carbons (Fsp3) is 1.00. The van der Waals surface area contributed by atoms with E-state index in [2.05, 4.69) is 27.7 Å². The van der Waals surface area contributed by atoms with Gasteiger partial charge in [-0.05, 0) is 36.0 Å². The van der Waals surface area contributed by atoms with Crippen LogP contribution in [-0.2, 0) is 0 Å². The maximum Gasteiger partial charge on any atom is -0.00758 e. The molecule has 0 amide bonds. The predicted molar refractivity (Wildman–Crippen MR) is 54.8 cm³/mol. The van der Waals surface area contributed by atoms with E-state index < -0.39 is 0 Å². The van der Waals surface area contributed by atoms with E-state index in [4.69, 9.17) is 0 Å². The van der Waals surface area contributed by atoms with Crippen molar-refractivity contribution in [3.63, 3.8) is 0 Å². The van der Waals surface area contributed by atoms with Crippen LogP contribution < -0.4 is 0 Å². The molecular formula is C10H21P. The van der Waals surface area contributed by atoms with E-state index in [0.717, 1.165) is 17.0 Å². The molecule has 1 saturated heterocycles. The van der Waals surface area contributed by atoms with Crippen LogP contribution in [0, 0.1) is 11.8 Å². The molecule has 0 radical (unpaired) electrons. The normalized spacial score (nSPS) is 25.6. The van der Waals surface area contributed by atoms with Crippen molar-refractivity contribution in [3.05, 3.63) is 0 Å². The second-order valence-electron chi connectivity index (χ2n) is 4.38. The quantitative estimate of drug-likeness (QED) is 0.559. The van der Waals surface area contributed by atoms with E-state index >= 15 is 0 Å². The van der Waals surface area contributed by atoms with Crippen molar-refractivity contribution in [1.29, 1.82) is 0 Å². The summed E-state index contributed by atoms with van der Waals surface area (Å²) in [4.78, 5) is 0. The van der Waals surface area contributed by atoms with Gasteiger partial charge in [-0.15, -0.1) is 8.58 Å². The van der Waals surface area contributed by atoms with Gasteiger partial charge in [0.2, 0.25) is 0 Å². The Kier molecular flexibility index (Phi) is 2.97. The molecule has 0 saturated carbocycles. The minimum absolute atomic E-state index is 0.722. The molecule has 11 heavy (non-hydrogen) atoms. The van der Waals surface area contributed by atoms with Gasteiger partial charge in [0.05, 0.1) is 0 Å². The summed E-state index contributed by atoms with van der Waals surface area (Å²) in [7, 11) is 1.23. The lowest BCUT2D eigenvalue weighted by molar-refractivity contribution is 0.322. The Morgan fingerprint density at radius 1 is 1.09 bits per heavy atom. The molecule has 0 aromatic carbocycles. The molecule has 1 heterocycles. The van der Waals surface area contributed by atoms with E-state index in [-0.39, 0.29) is 0 Å². The SMILES string of the molecule is CC(C)C1(C(C)C)CCCP1. The van der Waals surface area contributed by atoms with Gasteiger partial charge < -0.3 is 0 Å². The number of hydrogen-bond donors (Lipinski definition) is 0. The highest BCUT2D eigenvalue weighted by molar-refractivity contribution is 7.40. The Morgan fingerprint density at radius 3 is 1.82 bits per heavy atom. The highest BCUT2D eigenvalue weighted by atomic mass is 31.1. The van der Waals surface area contributed by atoms with Gasteiger partial charge in [0.25, 0.3) is 0 Å². The predicted octanol–water partition coefficient (Wildman–Crippen LogP) is 3.51. The number of rotatable bonds is 2. The van der Waals surface area contributed by atoms with Crippen LogP contribution in [0.2, 0.25) is 0 Å². The summed E-state index contributed by atoms with van der Waals surface area (Å²) >= 11 is 0. The van der Waals surface area contributed by atoms with Crippen molar-refractivity contribution >= 4 is 8.58 Å². The van der Waals surface area contributed by atoms with Gasteiger partial charge in [0, 0.05) is 0 Å². The van der Waals surface area contributed by atoms with E-state index in [0.29, 0.717) is 0 Å². The standard InChI is InChI=1S/C10H21P/c1-8(2)10(9(3)4)6-5-7-11-10/h8-9,11H,5-7H2,1-4H3. The average Bonchev–Trinajstić information content (AvgIpc) is 2.34. The second kappa shape index (κ2) is 3.44. The highest BCUT2D eigenvalue weighted by Crippen LogP contribution is 2.52. The molecule has 1 atom stereocenters. The lowest BCUT2D eigenvalue weighted by Crippen LogP contribution is -2.33. The first-order valence-electron chi connectivity index (χ1n) is 4.84. The summed E-state index contributed by atoms with van der Waals surface area (Å²) in [6.07, 6.45) is 4.46. The smallest absolute Gasteiger partial charge is 0.00758 e. The number of hydrogen-bond acceptors (Lipinski definition) is 0. The van der Waals surface area contributed by atoms with Crippen molar-refractivity contribution in [2.45, 2.75) is 45.7 Å². The van der Waals surface area contributed by atoms with Gasteiger partial charge in [-0.1, -0.05) is 27.7 Å². The topological polar surface area (TPSA) is 0 Å². The molecule has 1 heteroatoms. The molecule has 1 unspecified atom stereocenters. The third kappa shape index (κ3) is 1.61. The zero-order valence-electron chi connectivity index (χ0n) is 8.28. The van der Waals surface area contributed by atoms with E-state index in [1.54, 1.807) is 0 Å². The lowest BCUT2D eigenvalue weighted by atomic mass is 9.81. The van der Waals surface area contributed by atoms with Crippen molar-refractivity contribution in [1.82, 2.24) is 0 Å². The van der Waals surface area contributed by atoms with E-state index in [9.17, 15) is 0 Å². The van der Waals surface area contributed by atoms with E-state index in [1.807, 2.05) is 0 Å². The summed E-state index contributed by atoms with van der Waals surface area (Å²) in [5, 5.41) is 0.722. The largest absolute Gasteiger partial charge is 0.115 e. The first-order valence-corrected chi connectivity index (χ1v) is 6.05. The second-order valence-corrected chi connectivity index (χ2v) is 6.16. The molecule has 1 fully saturated rings. The summed E-state index contributed by atoms with van der Waals surface area (Å²) in [6.45, 7) is 9.60.